The van der Waals surface area contributed by atoms with Crippen LogP contribution in [0.5, 0.6) is 5.75 Å². The minimum atomic E-state index is -0.674. The van der Waals surface area contributed by atoms with E-state index in [9.17, 15) is 5.11 Å². The highest BCUT2D eigenvalue weighted by Gasteiger charge is 2.33. The second kappa shape index (κ2) is 5.59. The lowest BCUT2D eigenvalue weighted by Crippen LogP contribution is -2.42. The van der Waals surface area contributed by atoms with Crippen LogP contribution in [0.1, 0.15) is 31.2 Å². The molecule has 0 amide bonds. The summed E-state index contributed by atoms with van der Waals surface area (Å²) in [6.07, 6.45) is 4.14. The van der Waals surface area contributed by atoms with Crippen molar-refractivity contribution < 1.29 is 9.84 Å². The Hall–Kier alpha value is -0.580. The van der Waals surface area contributed by atoms with Gasteiger partial charge in [0, 0.05) is 16.9 Å². The van der Waals surface area contributed by atoms with Gasteiger partial charge in [-0.2, -0.15) is 0 Å². The van der Waals surface area contributed by atoms with E-state index in [0.717, 1.165) is 35.0 Å². The first-order valence-electron chi connectivity index (χ1n) is 6.33. The van der Waals surface area contributed by atoms with Gasteiger partial charge in [0.15, 0.2) is 0 Å². The lowest BCUT2D eigenvalue weighted by Gasteiger charge is -2.35. The molecular weight excluding hydrogens is 294 g/mol. The van der Waals surface area contributed by atoms with Crippen LogP contribution >= 0.6 is 15.9 Å². The Labute approximate surface area is 116 Å². The van der Waals surface area contributed by atoms with Gasteiger partial charge in [0.1, 0.15) is 5.75 Å². The number of hydrogen-bond acceptors (Lipinski definition) is 3. The zero-order valence-electron chi connectivity index (χ0n) is 10.7. The topological polar surface area (TPSA) is 55.5 Å². The van der Waals surface area contributed by atoms with E-state index in [1.807, 2.05) is 18.2 Å². The van der Waals surface area contributed by atoms with E-state index < -0.39 is 5.60 Å². The van der Waals surface area contributed by atoms with Gasteiger partial charge in [-0.05, 0) is 49.4 Å². The number of benzene rings is 1. The molecule has 2 rings (SSSR count). The number of hydrogen-bond donors (Lipinski definition) is 2. The number of aliphatic hydroxyl groups is 1. The smallest absolute Gasteiger partial charge is 0.119 e. The molecule has 2 atom stereocenters. The summed E-state index contributed by atoms with van der Waals surface area (Å²) in [5.41, 5.74) is 6.36. The van der Waals surface area contributed by atoms with Crippen molar-refractivity contribution in [2.24, 2.45) is 5.73 Å². The molecule has 3 N–H and O–H groups in total. The van der Waals surface area contributed by atoms with Gasteiger partial charge in [0.25, 0.3) is 0 Å². The van der Waals surface area contributed by atoms with Gasteiger partial charge >= 0.3 is 0 Å². The highest BCUT2D eigenvalue weighted by molar-refractivity contribution is 9.10. The molecule has 2 unspecified atom stereocenters. The zero-order chi connectivity index (χ0) is 13.2. The van der Waals surface area contributed by atoms with E-state index in [0.29, 0.717) is 12.8 Å². The Bertz CT molecular complexity index is 424. The van der Waals surface area contributed by atoms with Crippen LogP contribution in [0.25, 0.3) is 0 Å². The highest BCUT2D eigenvalue weighted by atomic mass is 79.9. The maximum absolute atomic E-state index is 10.6. The van der Waals surface area contributed by atoms with E-state index in [1.54, 1.807) is 7.11 Å². The number of methoxy groups -OCH3 is 1. The largest absolute Gasteiger partial charge is 0.497 e. The maximum atomic E-state index is 10.6. The molecule has 0 heterocycles. The van der Waals surface area contributed by atoms with Crippen LogP contribution in [-0.2, 0) is 6.42 Å². The Morgan fingerprint density at radius 2 is 2.33 bits per heavy atom. The van der Waals surface area contributed by atoms with Gasteiger partial charge in [0.05, 0.1) is 12.7 Å². The van der Waals surface area contributed by atoms with Crippen LogP contribution in [-0.4, -0.2) is 23.9 Å². The quantitative estimate of drug-likeness (QED) is 0.902. The van der Waals surface area contributed by atoms with E-state index >= 15 is 0 Å². The second-order valence-electron chi connectivity index (χ2n) is 5.21. The van der Waals surface area contributed by atoms with Crippen molar-refractivity contribution >= 4 is 15.9 Å². The number of ether oxygens (including phenoxy) is 1. The van der Waals surface area contributed by atoms with Crippen molar-refractivity contribution in [2.75, 3.05) is 7.11 Å². The molecule has 0 aromatic heterocycles. The molecule has 0 spiro atoms. The van der Waals surface area contributed by atoms with E-state index in [2.05, 4.69) is 15.9 Å². The van der Waals surface area contributed by atoms with Gasteiger partial charge in [-0.25, -0.2) is 0 Å². The van der Waals surface area contributed by atoms with Crippen molar-refractivity contribution in [3.8, 4) is 5.75 Å². The monoisotopic (exact) mass is 313 g/mol. The van der Waals surface area contributed by atoms with Gasteiger partial charge in [0.2, 0.25) is 0 Å². The molecule has 1 fully saturated rings. The molecular formula is C14H20BrNO2. The highest BCUT2D eigenvalue weighted by Crippen LogP contribution is 2.33. The predicted octanol–water partition coefficient (Wildman–Crippen LogP) is 2.63. The molecule has 100 valence electrons. The third-order valence-corrected chi connectivity index (χ3v) is 4.41. The normalized spacial score (nSPS) is 28.1. The minimum absolute atomic E-state index is 0.119. The maximum Gasteiger partial charge on any atom is 0.119 e. The van der Waals surface area contributed by atoms with Crippen LogP contribution < -0.4 is 10.5 Å². The standard InChI is InChI=1S/C14H20BrNO2/c1-18-12-4-5-13(15)10(7-12)8-14(17)6-2-3-11(16)9-14/h4-5,7,11,17H,2-3,6,8-9,16H2,1H3. The fraction of sp³-hybridized carbons (Fsp3) is 0.571. The SMILES string of the molecule is COc1ccc(Br)c(CC2(O)CCCC(N)C2)c1. The lowest BCUT2D eigenvalue weighted by atomic mass is 9.78. The molecule has 0 saturated heterocycles. The summed E-state index contributed by atoms with van der Waals surface area (Å²) < 4.78 is 6.24. The Morgan fingerprint density at radius 3 is 3.00 bits per heavy atom. The van der Waals surface area contributed by atoms with Gasteiger partial charge in [-0.3, -0.25) is 0 Å². The van der Waals surface area contributed by atoms with Crippen LogP contribution in [0.15, 0.2) is 22.7 Å². The number of rotatable bonds is 3. The Morgan fingerprint density at radius 1 is 1.56 bits per heavy atom. The lowest BCUT2D eigenvalue weighted by molar-refractivity contribution is -0.00206. The third kappa shape index (κ3) is 3.25. The third-order valence-electron chi connectivity index (χ3n) is 3.63. The summed E-state index contributed by atoms with van der Waals surface area (Å²) in [5, 5.41) is 10.6. The molecule has 0 bridgehead atoms. The molecule has 3 nitrogen and oxygen atoms in total. The Kier molecular flexibility index (Phi) is 4.30. The molecule has 1 aromatic carbocycles. The predicted molar refractivity (Wildman–Crippen MR) is 75.8 cm³/mol. The molecule has 0 radical (unpaired) electrons. The van der Waals surface area contributed by atoms with Crippen molar-refractivity contribution in [3.63, 3.8) is 0 Å². The average molecular weight is 314 g/mol. The summed E-state index contributed by atoms with van der Waals surface area (Å²) in [6.45, 7) is 0. The zero-order valence-corrected chi connectivity index (χ0v) is 12.2. The Balaban J connectivity index is 2.17. The first-order valence-corrected chi connectivity index (χ1v) is 7.12. The van der Waals surface area contributed by atoms with Gasteiger partial charge < -0.3 is 15.6 Å². The van der Waals surface area contributed by atoms with E-state index in [-0.39, 0.29) is 6.04 Å². The van der Waals surface area contributed by atoms with Crippen LogP contribution in [0.4, 0.5) is 0 Å². The summed E-state index contributed by atoms with van der Waals surface area (Å²) >= 11 is 3.53. The average Bonchev–Trinajstić information content (AvgIpc) is 2.31. The summed E-state index contributed by atoms with van der Waals surface area (Å²) in [5.74, 6) is 0.817. The van der Waals surface area contributed by atoms with Gasteiger partial charge in [-0.1, -0.05) is 15.9 Å². The first-order chi connectivity index (χ1) is 8.52. The van der Waals surface area contributed by atoms with Crippen molar-refractivity contribution in [1.29, 1.82) is 0 Å². The second-order valence-corrected chi connectivity index (χ2v) is 6.07. The van der Waals surface area contributed by atoms with Crippen LogP contribution in [0.2, 0.25) is 0 Å². The summed E-state index contributed by atoms with van der Waals surface area (Å²) in [6, 6.07) is 5.96. The van der Waals surface area contributed by atoms with E-state index in [4.69, 9.17) is 10.5 Å². The number of nitrogens with two attached hydrogens (primary N) is 1. The van der Waals surface area contributed by atoms with E-state index in [1.165, 1.54) is 0 Å². The molecule has 1 saturated carbocycles. The molecule has 1 aromatic rings. The molecule has 1 aliphatic rings. The summed E-state index contributed by atoms with van der Waals surface area (Å²) in [7, 11) is 1.65. The first kappa shape index (κ1) is 13.8. The molecule has 4 heteroatoms. The van der Waals surface area contributed by atoms with Gasteiger partial charge in [-0.15, -0.1) is 0 Å². The molecule has 0 aliphatic heterocycles. The minimum Gasteiger partial charge on any atom is -0.497 e. The van der Waals surface area contributed by atoms with Crippen LogP contribution in [0, 0.1) is 0 Å². The van der Waals surface area contributed by atoms with Crippen molar-refractivity contribution in [2.45, 2.75) is 43.7 Å². The molecule has 1 aliphatic carbocycles. The van der Waals surface area contributed by atoms with Crippen molar-refractivity contribution in [1.82, 2.24) is 0 Å². The fourth-order valence-electron chi connectivity index (χ4n) is 2.71. The van der Waals surface area contributed by atoms with Crippen molar-refractivity contribution in [3.05, 3.63) is 28.2 Å². The molecule has 18 heavy (non-hydrogen) atoms. The van der Waals surface area contributed by atoms with Crippen LogP contribution in [0.3, 0.4) is 0 Å². The summed E-state index contributed by atoms with van der Waals surface area (Å²) in [4.78, 5) is 0. The number of halogens is 1. The fourth-order valence-corrected chi connectivity index (χ4v) is 3.10.